The highest BCUT2D eigenvalue weighted by atomic mass is 35.5. The number of nitrogens with zero attached hydrogens (tertiary/aromatic N) is 2. The lowest BCUT2D eigenvalue weighted by molar-refractivity contribution is -0.142. The van der Waals surface area contributed by atoms with Gasteiger partial charge in [0.2, 0.25) is 0 Å². The fourth-order valence-corrected chi connectivity index (χ4v) is 3.43. The maximum absolute atomic E-state index is 13.7. The van der Waals surface area contributed by atoms with Gasteiger partial charge in [-0.05, 0) is 30.5 Å². The van der Waals surface area contributed by atoms with Gasteiger partial charge in [-0.15, -0.1) is 0 Å². The van der Waals surface area contributed by atoms with Crippen molar-refractivity contribution >= 4 is 52.5 Å². The normalized spacial score (nSPS) is 10.7. The maximum atomic E-state index is 13.7. The quantitative estimate of drug-likeness (QED) is 0.392. The van der Waals surface area contributed by atoms with Crippen LogP contribution in [0.1, 0.15) is 49.0 Å². The fraction of sp³-hybridized carbons (Fsp3) is 0.364. The van der Waals surface area contributed by atoms with Gasteiger partial charge in [-0.1, -0.05) is 49.2 Å². The number of para-hydroxylation sites is 1. The second-order valence-electron chi connectivity index (χ2n) is 7.38. The fourth-order valence-electron chi connectivity index (χ4n) is 3.03. The number of ether oxygens (including phenoxy) is 1. The van der Waals surface area contributed by atoms with E-state index < -0.39 is 22.9 Å². The van der Waals surface area contributed by atoms with Crippen molar-refractivity contribution in [3.8, 4) is 0 Å². The number of hydrogen-bond donors (Lipinski definition) is 2. The monoisotopic (exact) mass is 498 g/mol. The van der Waals surface area contributed by atoms with Gasteiger partial charge in [0.1, 0.15) is 5.15 Å². The molecule has 0 aliphatic heterocycles. The third-order valence-corrected chi connectivity index (χ3v) is 5.21. The van der Waals surface area contributed by atoms with Crippen molar-refractivity contribution in [2.45, 2.75) is 33.1 Å². The van der Waals surface area contributed by atoms with E-state index in [1.54, 1.807) is 24.9 Å². The molecule has 0 spiro atoms. The number of benzene rings is 1. The Bertz CT molecular complexity index is 1050. The van der Waals surface area contributed by atoms with E-state index in [1.807, 2.05) is 26.0 Å². The highest BCUT2D eigenvalue weighted by molar-refractivity contribution is 6.35. The minimum atomic E-state index is -0.945. The SMILES string of the molecule is CCOC(=O)CCN(C)c1cccc(C(C)C)c1NC(=O)NC(=O)c1cc(F)c(Cl)nc1Cl. The van der Waals surface area contributed by atoms with Gasteiger partial charge in [0.15, 0.2) is 11.0 Å². The van der Waals surface area contributed by atoms with Crippen LogP contribution in [0.25, 0.3) is 0 Å². The molecule has 3 amide bonds. The molecule has 1 aromatic heterocycles. The summed E-state index contributed by atoms with van der Waals surface area (Å²) in [6.45, 7) is 6.28. The molecule has 0 fully saturated rings. The molecule has 1 heterocycles. The van der Waals surface area contributed by atoms with Crippen molar-refractivity contribution in [2.24, 2.45) is 0 Å². The number of rotatable bonds is 8. The van der Waals surface area contributed by atoms with E-state index in [4.69, 9.17) is 27.9 Å². The van der Waals surface area contributed by atoms with Crippen molar-refractivity contribution in [2.75, 3.05) is 30.4 Å². The van der Waals surface area contributed by atoms with Crippen LogP contribution in [0.4, 0.5) is 20.6 Å². The summed E-state index contributed by atoms with van der Waals surface area (Å²) in [5.41, 5.74) is 1.59. The minimum Gasteiger partial charge on any atom is -0.466 e. The third-order valence-electron chi connectivity index (χ3n) is 4.66. The number of aromatic nitrogens is 1. The number of nitrogens with one attached hydrogen (secondary N) is 2. The van der Waals surface area contributed by atoms with Gasteiger partial charge in [-0.25, -0.2) is 14.2 Å². The molecule has 0 atom stereocenters. The van der Waals surface area contributed by atoms with E-state index in [2.05, 4.69) is 15.6 Å². The zero-order valence-electron chi connectivity index (χ0n) is 18.7. The number of hydrogen-bond acceptors (Lipinski definition) is 6. The highest BCUT2D eigenvalue weighted by Gasteiger charge is 2.21. The first-order chi connectivity index (χ1) is 15.5. The molecular formula is C22H25Cl2FN4O4. The smallest absolute Gasteiger partial charge is 0.326 e. The molecule has 0 saturated carbocycles. The van der Waals surface area contributed by atoms with Gasteiger partial charge < -0.3 is 15.0 Å². The van der Waals surface area contributed by atoms with Crippen LogP contribution >= 0.6 is 23.2 Å². The molecular weight excluding hydrogens is 474 g/mol. The van der Waals surface area contributed by atoms with Crippen molar-refractivity contribution in [3.05, 3.63) is 51.5 Å². The number of imide groups is 1. The molecule has 0 saturated heterocycles. The molecule has 8 nitrogen and oxygen atoms in total. The molecule has 0 aliphatic rings. The molecule has 0 bridgehead atoms. The van der Waals surface area contributed by atoms with Gasteiger partial charge in [0.05, 0.1) is 30.0 Å². The van der Waals surface area contributed by atoms with Gasteiger partial charge in [0, 0.05) is 13.6 Å². The lowest BCUT2D eigenvalue weighted by Gasteiger charge is -2.25. The van der Waals surface area contributed by atoms with Gasteiger partial charge in [-0.2, -0.15) is 0 Å². The molecule has 2 aromatic rings. The number of halogens is 3. The van der Waals surface area contributed by atoms with Crippen molar-refractivity contribution in [1.82, 2.24) is 10.3 Å². The molecule has 2 rings (SSSR count). The van der Waals surface area contributed by atoms with E-state index in [9.17, 15) is 18.8 Å². The average Bonchev–Trinajstić information content (AvgIpc) is 2.74. The first kappa shape index (κ1) is 26.3. The van der Waals surface area contributed by atoms with Gasteiger partial charge in [-0.3, -0.25) is 14.9 Å². The van der Waals surface area contributed by atoms with Crippen LogP contribution in [-0.4, -0.2) is 43.1 Å². The number of carbonyl (C=O) groups excluding carboxylic acids is 3. The molecule has 2 N–H and O–H groups in total. The van der Waals surface area contributed by atoms with E-state index in [-0.39, 0.29) is 29.0 Å². The number of amides is 3. The van der Waals surface area contributed by atoms with Crippen molar-refractivity contribution in [3.63, 3.8) is 0 Å². The second-order valence-corrected chi connectivity index (χ2v) is 8.10. The molecule has 11 heteroatoms. The maximum Gasteiger partial charge on any atom is 0.326 e. The van der Waals surface area contributed by atoms with Crippen LogP contribution in [0.3, 0.4) is 0 Å². The van der Waals surface area contributed by atoms with E-state index in [0.29, 0.717) is 24.5 Å². The lowest BCUT2D eigenvalue weighted by Crippen LogP contribution is -2.35. The van der Waals surface area contributed by atoms with Crippen molar-refractivity contribution < 1.29 is 23.5 Å². The summed E-state index contributed by atoms with van der Waals surface area (Å²) in [6, 6.07) is 5.42. The summed E-state index contributed by atoms with van der Waals surface area (Å²) in [7, 11) is 1.77. The summed E-state index contributed by atoms with van der Waals surface area (Å²) in [6.07, 6.45) is 0.161. The summed E-state index contributed by atoms with van der Waals surface area (Å²) in [5.74, 6) is -2.18. The molecule has 1 aromatic carbocycles. The van der Waals surface area contributed by atoms with Crippen LogP contribution < -0.4 is 15.5 Å². The largest absolute Gasteiger partial charge is 0.466 e. The van der Waals surface area contributed by atoms with Crippen LogP contribution in [0.5, 0.6) is 0 Å². The third kappa shape index (κ3) is 7.03. The molecule has 0 unspecified atom stereocenters. The van der Waals surface area contributed by atoms with Crippen LogP contribution in [-0.2, 0) is 9.53 Å². The summed E-state index contributed by atoms with van der Waals surface area (Å²) in [4.78, 5) is 42.1. The van der Waals surface area contributed by atoms with E-state index >= 15 is 0 Å². The van der Waals surface area contributed by atoms with Crippen molar-refractivity contribution in [1.29, 1.82) is 0 Å². The Balaban J connectivity index is 2.24. The molecule has 33 heavy (non-hydrogen) atoms. The van der Waals surface area contributed by atoms with Gasteiger partial charge in [0.25, 0.3) is 5.91 Å². The van der Waals surface area contributed by atoms with Crippen LogP contribution in [0, 0.1) is 5.82 Å². The lowest BCUT2D eigenvalue weighted by atomic mass is 9.99. The highest BCUT2D eigenvalue weighted by Crippen LogP contribution is 2.33. The zero-order valence-corrected chi connectivity index (χ0v) is 20.2. The van der Waals surface area contributed by atoms with Crippen LogP contribution in [0.15, 0.2) is 24.3 Å². The standard InChI is InChI=1S/C22H25Cl2FN4O4/c1-5-33-17(30)9-10-29(4)16-8-6-7-13(12(2)3)18(16)26-22(32)28-21(31)14-11-15(25)20(24)27-19(14)23/h6-8,11-12H,5,9-10H2,1-4H3,(H2,26,28,31,32). The first-order valence-electron chi connectivity index (χ1n) is 10.2. The zero-order chi connectivity index (χ0) is 24.7. The predicted molar refractivity (Wildman–Crippen MR) is 126 cm³/mol. The Hall–Kier alpha value is -2.91. The Morgan fingerprint density at radius 2 is 1.91 bits per heavy atom. The predicted octanol–water partition coefficient (Wildman–Crippen LogP) is 5.00. The number of anilines is 2. The number of urea groups is 1. The number of carbonyl (C=O) groups is 3. The van der Waals surface area contributed by atoms with Crippen LogP contribution in [0.2, 0.25) is 10.3 Å². The Labute approximate surface area is 201 Å². The number of pyridine rings is 1. The summed E-state index contributed by atoms with van der Waals surface area (Å²) < 4.78 is 18.7. The number of esters is 1. The topological polar surface area (TPSA) is 101 Å². The first-order valence-corrected chi connectivity index (χ1v) is 10.9. The Kier molecular flexibility index (Phi) is 9.43. The summed E-state index contributed by atoms with van der Waals surface area (Å²) >= 11 is 11.4. The second kappa shape index (κ2) is 11.8. The molecule has 0 aliphatic carbocycles. The van der Waals surface area contributed by atoms with E-state index in [0.717, 1.165) is 11.6 Å². The molecule has 178 valence electrons. The Morgan fingerprint density at radius 1 is 1.21 bits per heavy atom. The molecule has 0 radical (unpaired) electrons. The average molecular weight is 499 g/mol. The minimum absolute atomic E-state index is 0.0402. The van der Waals surface area contributed by atoms with Gasteiger partial charge >= 0.3 is 12.0 Å². The Morgan fingerprint density at radius 3 is 2.55 bits per heavy atom. The van der Waals surface area contributed by atoms with E-state index in [1.165, 1.54) is 0 Å². The summed E-state index contributed by atoms with van der Waals surface area (Å²) in [5, 5.41) is 3.98.